The Balaban J connectivity index is 1.51. The smallest absolute Gasteiger partial charge is 0.258 e. The number of aryl methyl sites for hydroxylation is 1. The van der Waals surface area contributed by atoms with Gasteiger partial charge in [0.15, 0.2) is 17.6 Å². The highest BCUT2D eigenvalue weighted by molar-refractivity contribution is 7.98. The van der Waals surface area contributed by atoms with Gasteiger partial charge < -0.3 is 10.1 Å². The minimum atomic E-state index is -0.402. The van der Waals surface area contributed by atoms with Crippen molar-refractivity contribution in [3.63, 3.8) is 0 Å². The van der Waals surface area contributed by atoms with Gasteiger partial charge in [-0.25, -0.2) is 4.39 Å². The fourth-order valence-corrected chi connectivity index (χ4v) is 4.25. The molecular formula is C26H25FN4O2S. The maximum atomic E-state index is 13.2. The van der Waals surface area contributed by atoms with E-state index in [-0.39, 0.29) is 18.3 Å². The van der Waals surface area contributed by atoms with E-state index in [1.165, 1.54) is 23.9 Å². The average molecular weight is 477 g/mol. The minimum absolute atomic E-state index is 0.0980. The highest BCUT2D eigenvalue weighted by Gasteiger charge is 2.21. The number of rotatable bonds is 9. The number of nitrogens with zero attached hydrogens (tertiary/aromatic N) is 3. The number of nitrogens with one attached hydrogen (secondary N) is 1. The van der Waals surface area contributed by atoms with Crippen molar-refractivity contribution in [2.24, 2.45) is 0 Å². The molecule has 1 heterocycles. The van der Waals surface area contributed by atoms with Crippen molar-refractivity contribution in [2.45, 2.75) is 30.8 Å². The molecule has 0 bridgehead atoms. The molecule has 0 radical (unpaired) electrons. The molecule has 0 spiro atoms. The molecule has 0 aliphatic rings. The highest BCUT2D eigenvalue weighted by atomic mass is 32.2. The molecule has 1 amide bonds. The largest absolute Gasteiger partial charge is 0.484 e. The number of benzene rings is 3. The quantitative estimate of drug-likeness (QED) is 0.334. The Morgan fingerprint density at radius 1 is 1.03 bits per heavy atom. The number of ether oxygens (including phenoxy) is 1. The number of halogens is 1. The molecule has 8 heteroatoms. The lowest BCUT2D eigenvalue weighted by Gasteiger charge is -2.17. The first-order chi connectivity index (χ1) is 16.5. The van der Waals surface area contributed by atoms with Gasteiger partial charge in [-0.2, -0.15) is 0 Å². The van der Waals surface area contributed by atoms with Gasteiger partial charge in [-0.15, -0.1) is 10.2 Å². The molecule has 1 atom stereocenters. The Morgan fingerprint density at radius 2 is 1.74 bits per heavy atom. The summed E-state index contributed by atoms with van der Waals surface area (Å²) in [6.45, 7) is 3.79. The van der Waals surface area contributed by atoms with E-state index in [0.29, 0.717) is 22.5 Å². The predicted molar refractivity (Wildman–Crippen MR) is 131 cm³/mol. The van der Waals surface area contributed by atoms with Crippen LogP contribution in [-0.4, -0.2) is 27.3 Å². The standard InChI is InChI=1S/C26H25FN4O2S/c1-18-8-14-22(15-9-18)31-25(19(2)28-24(32)16-33-23-6-4-3-5-7-23)29-30-26(31)34-17-20-10-12-21(27)13-11-20/h3-15,19H,16-17H2,1-2H3,(H,28,32). The van der Waals surface area contributed by atoms with Crippen LogP contribution < -0.4 is 10.1 Å². The second-order valence-corrected chi connectivity index (χ2v) is 8.76. The molecule has 174 valence electrons. The zero-order valence-corrected chi connectivity index (χ0v) is 19.8. The molecule has 34 heavy (non-hydrogen) atoms. The van der Waals surface area contributed by atoms with Gasteiger partial charge in [0.2, 0.25) is 0 Å². The lowest BCUT2D eigenvalue weighted by molar-refractivity contribution is -0.123. The van der Waals surface area contributed by atoms with Gasteiger partial charge >= 0.3 is 0 Å². The number of carbonyl (C=O) groups is 1. The molecule has 3 aromatic carbocycles. The summed E-state index contributed by atoms with van der Waals surface area (Å²) in [4.78, 5) is 12.5. The van der Waals surface area contributed by atoms with Crippen LogP contribution in [0, 0.1) is 12.7 Å². The number of thioether (sulfide) groups is 1. The molecule has 0 aliphatic heterocycles. The summed E-state index contributed by atoms with van der Waals surface area (Å²) in [5, 5.41) is 12.4. The zero-order valence-electron chi connectivity index (χ0n) is 18.9. The molecule has 0 fully saturated rings. The van der Waals surface area contributed by atoms with E-state index in [4.69, 9.17) is 4.74 Å². The molecule has 0 saturated heterocycles. The monoisotopic (exact) mass is 476 g/mol. The van der Waals surface area contributed by atoms with Gasteiger partial charge in [0.1, 0.15) is 11.6 Å². The first-order valence-electron chi connectivity index (χ1n) is 10.9. The van der Waals surface area contributed by atoms with Crippen LogP contribution in [-0.2, 0) is 10.5 Å². The van der Waals surface area contributed by atoms with Crippen LogP contribution >= 0.6 is 11.8 Å². The summed E-state index contributed by atoms with van der Waals surface area (Å²) in [6, 6.07) is 23.2. The van der Waals surface area contributed by atoms with Crippen molar-refractivity contribution in [3.8, 4) is 11.4 Å². The first-order valence-corrected chi connectivity index (χ1v) is 11.8. The average Bonchev–Trinajstić information content (AvgIpc) is 3.28. The third-order valence-corrected chi connectivity index (χ3v) is 6.11. The fourth-order valence-electron chi connectivity index (χ4n) is 3.33. The Hall–Kier alpha value is -3.65. The van der Waals surface area contributed by atoms with Crippen molar-refractivity contribution < 1.29 is 13.9 Å². The van der Waals surface area contributed by atoms with E-state index in [0.717, 1.165) is 16.8 Å². The van der Waals surface area contributed by atoms with Crippen LogP contribution in [0.2, 0.25) is 0 Å². The van der Waals surface area contributed by atoms with Crippen LogP contribution in [0.5, 0.6) is 5.75 Å². The highest BCUT2D eigenvalue weighted by Crippen LogP contribution is 2.28. The third kappa shape index (κ3) is 6.02. The second kappa shape index (κ2) is 11.0. The summed E-state index contributed by atoms with van der Waals surface area (Å²) in [5.41, 5.74) is 3.01. The molecule has 1 unspecified atom stereocenters. The number of hydrogen-bond donors (Lipinski definition) is 1. The van der Waals surface area contributed by atoms with Gasteiger partial charge in [0.25, 0.3) is 5.91 Å². The third-order valence-electron chi connectivity index (χ3n) is 5.11. The lowest BCUT2D eigenvalue weighted by Crippen LogP contribution is -2.32. The summed E-state index contributed by atoms with van der Waals surface area (Å²) < 4.78 is 20.7. The summed E-state index contributed by atoms with van der Waals surface area (Å²) >= 11 is 1.50. The Kier molecular flexibility index (Phi) is 7.59. The minimum Gasteiger partial charge on any atom is -0.484 e. The number of carbonyl (C=O) groups excluding carboxylic acids is 1. The van der Waals surface area contributed by atoms with Gasteiger partial charge in [0.05, 0.1) is 6.04 Å². The fraction of sp³-hybridized carbons (Fsp3) is 0.192. The SMILES string of the molecule is Cc1ccc(-n2c(SCc3ccc(F)cc3)nnc2C(C)NC(=O)COc2ccccc2)cc1. The second-order valence-electron chi connectivity index (χ2n) is 7.82. The Bertz CT molecular complexity index is 1230. The molecule has 1 N–H and O–H groups in total. The van der Waals surface area contributed by atoms with Crippen LogP contribution in [0.3, 0.4) is 0 Å². The van der Waals surface area contributed by atoms with Crippen LogP contribution in [0.15, 0.2) is 84.0 Å². The van der Waals surface area contributed by atoms with Crippen molar-refractivity contribution in [1.82, 2.24) is 20.1 Å². The first kappa shape index (κ1) is 23.5. The summed E-state index contributed by atoms with van der Waals surface area (Å²) in [6.07, 6.45) is 0. The molecule has 4 rings (SSSR count). The topological polar surface area (TPSA) is 69.0 Å². The zero-order chi connectivity index (χ0) is 23.9. The van der Waals surface area contributed by atoms with Crippen LogP contribution in [0.4, 0.5) is 4.39 Å². The Labute approximate surface area is 202 Å². The molecule has 0 aliphatic carbocycles. The molecule has 6 nitrogen and oxygen atoms in total. The number of para-hydroxylation sites is 1. The number of aromatic nitrogens is 3. The van der Waals surface area contributed by atoms with Gasteiger partial charge in [-0.1, -0.05) is 59.8 Å². The molecule has 1 aromatic heterocycles. The lowest BCUT2D eigenvalue weighted by atomic mass is 10.2. The summed E-state index contributed by atoms with van der Waals surface area (Å²) in [5.74, 6) is 1.33. The van der Waals surface area contributed by atoms with Gasteiger partial charge in [-0.3, -0.25) is 9.36 Å². The maximum absolute atomic E-state index is 13.2. The number of hydrogen-bond acceptors (Lipinski definition) is 5. The van der Waals surface area contributed by atoms with E-state index in [1.807, 2.05) is 60.9 Å². The van der Waals surface area contributed by atoms with E-state index in [9.17, 15) is 9.18 Å². The van der Waals surface area contributed by atoms with Crippen LogP contribution in [0.1, 0.15) is 29.9 Å². The summed E-state index contributed by atoms with van der Waals surface area (Å²) in [7, 11) is 0. The van der Waals surface area contributed by atoms with Gasteiger partial charge in [-0.05, 0) is 55.8 Å². The van der Waals surface area contributed by atoms with E-state index in [2.05, 4.69) is 15.5 Å². The van der Waals surface area contributed by atoms with E-state index < -0.39 is 6.04 Å². The van der Waals surface area contributed by atoms with E-state index >= 15 is 0 Å². The van der Waals surface area contributed by atoms with Crippen molar-refractivity contribution >= 4 is 17.7 Å². The van der Waals surface area contributed by atoms with Crippen LogP contribution in [0.25, 0.3) is 5.69 Å². The van der Waals surface area contributed by atoms with Crippen molar-refractivity contribution in [3.05, 3.63) is 102 Å². The normalized spacial score (nSPS) is 11.7. The molecule has 4 aromatic rings. The predicted octanol–water partition coefficient (Wildman–Crippen LogP) is 5.26. The molecular weight excluding hydrogens is 451 g/mol. The number of amides is 1. The molecule has 0 saturated carbocycles. The van der Waals surface area contributed by atoms with Crippen molar-refractivity contribution in [2.75, 3.05) is 6.61 Å². The van der Waals surface area contributed by atoms with E-state index in [1.54, 1.807) is 24.3 Å². The Morgan fingerprint density at radius 3 is 2.44 bits per heavy atom. The van der Waals surface area contributed by atoms with Crippen molar-refractivity contribution in [1.29, 1.82) is 0 Å². The van der Waals surface area contributed by atoms with Gasteiger partial charge in [0, 0.05) is 11.4 Å². The maximum Gasteiger partial charge on any atom is 0.258 e.